The lowest BCUT2D eigenvalue weighted by Gasteiger charge is -2.08. The lowest BCUT2D eigenvalue weighted by Crippen LogP contribution is -2.37. The lowest BCUT2D eigenvalue weighted by atomic mass is 9.98. The Balaban J connectivity index is 1.79. The summed E-state index contributed by atoms with van der Waals surface area (Å²) in [6.45, 7) is -0.674. The quantitative estimate of drug-likeness (QED) is 0.377. The van der Waals surface area contributed by atoms with Crippen LogP contribution < -0.4 is 5.32 Å². The number of rotatable bonds is 6. The van der Waals surface area contributed by atoms with Crippen molar-refractivity contribution in [3.8, 4) is 23.0 Å². The van der Waals surface area contributed by atoms with Crippen LogP contribution in [0.2, 0.25) is 0 Å². The number of carbonyl (C=O) groups excluding carboxylic acids is 2. The van der Waals surface area contributed by atoms with Gasteiger partial charge in [-0.15, -0.1) is 0 Å². The number of ketones is 1. The summed E-state index contributed by atoms with van der Waals surface area (Å²) in [7, 11) is 0. The zero-order chi connectivity index (χ0) is 21.3. The molecule has 1 aliphatic carbocycles. The van der Waals surface area contributed by atoms with Gasteiger partial charge in [0.1, 0.15) is 12.2 Å². The number of fused-ring (bicyclic) bond motifs is 3. The van der Waals surface area contributed by atoms with Crippen LogP contribution in [0.1, 0.15) is 21.6 Å². The summed E-state index contributed by atoms with van der Waals surface area (Å²) in [5.41, 5.74) is 4.15. The molecule has 0 saturated carbocycles. The fourth-order valence-electron chi connectivity index (χ4n) is 3.58. The number of carboxylic acids is 1. The van der Waals surface area contributed by atoms with E-state index in [0.717, 1.165) is 22.5 Å². The Morgan fingerprint density at radius 2 is 1.83 bits per heavy atom. The number of amides is 1. The molecule has 3 aromatic rings. The highest BCUT2D eigenvalue weighted by atomic mass is 16.4. The number of para-hydroxylation sites is 1. The molecule has 1 atom stereocenters. The number of hydrogen-bond acceptors (Lipinski definition) is 5. The molecular formula is C22H16N4O4. The van der Waals surface area contributed by atoms with Crippen LogP contribution in [0.25, 0.3) is 16.9 Å². The van der Waals surface area contributed by atoms with E-state index in [1.165, 1.54) is 0 Å². The topological polar surface area (TPSA) is 125 Å². The fraction of sp³-hybridized carbons (Fsp3) is 0.136. The van der Waals surface area contributed by atoms with Gasteiger partial charge in [-0.2, -0.15) is 10.4 Å². The number of carboxylic acid groups (broad SMARTS) is 1. The molecule has 0 fully saturated rings. The van der Waals surface area contributed by atoms with E-state index in [0.29, 0.717) is 12.0 Å². The fourth-order valence-corrected chi connectivity index (χ4v) is 3.58. The molecule has 0 spiro atoms. The van der Waals surface area contributed by atoms with Gasteiger partial charge in [0.2, 0.25) is 11.7 Å². The molecule has 1 unspecified atom stereocenters. The molecule has 1 heterocycles. The third-order valence-corrected chi connectivity index (χ3v) is 4.92. The van der Waals surface area contributed by atoms with Gasteiger partial charge in [0.25, 0.3) is 0 Å². The highest BCUT2D eigenvalue weighted by molar-refractivity contribution is 6.13. The third-order valence-electron chi connectivity index (χ3n) is 4.92. The summed E-state index contributed by atoms with van der Waals surface area (Å²) in [6, 6.07) is 18.7. The Morgan fingerprint density at radius 1 is 1.13 bits per heavy atom. The van der Waals surface area contributed by atoms with E-state index in [1.807, 2.05) is 54.6 Å². The van der Waals surface area contributed by atoms with Gasteiger partial charge < -0.3 is 10.4 Å². The molecule has 4 rings (SSSR count). The Labute approximate surface area is 171 Å². The molecule has 2 aromatic carbocycles. The number of nitriles is 1. The van der Waals surface area contributed by atoms with Crippen LogP contribution in [0.5, 0.6) is 0 Å². The van der Waals surface area contributed by atoms with Crippen molar-refractivity contribution < 1.29 is 19.5 Å². The number of hydrogen-bond donors (Lipinski definition) is 2. The molecule has 2 N–H and O–H groups in total. The third kappa shape index (κ3) is 3.22. The van der Waals surface area contributed by atoms with Crippen LogP contribution in [0.15, 0.2) is 54.6 Å². The average molecular weight is 400 g/mol. The van der Waals surface area contributed by atoms with Crippen molar-refractivity contribution in [2.24, 2.45) is 5.92 Å². The largest absolute Gasteiger partial charge is 0.480 e. The minimum atomic E-state index is -1.68. The predicted octanol–water partition coefficient (Wildman–Crippen LogP) is 1.97. The van der Waals surface area contributed by atoms with Crippen LogP contribution in [-0.4, -0.2) is 39.1 Å². The molecule has 1 aromatic heterocycles. The SMILES string of the molecule is N#CC(C(=O)NCC(=O)O)C(=O)c1nn(-c2ccccc2)c2c1Cc1ccccc1-2. The molecule has 8 heteroatoms. The molecule has 8 nitrogen and oxygen atoms in total. The van der Waals surface area contributed by atoms with Gasteiger partial charge in [-0.3, -0.25) is 14.4 Å². The van der Waals surface area contributed by atoms with E-state index in [-0.39, 0.29) is 5.69 Å². The highest BCUT2D eigenvalue weighted by Gasteiger charge is 2.36. The van der Waals surface area contributed by atoms with Crippen LogP contribution in [-0.2, 0) is 16.0 Å². The van der Waals surface area contributed by atoms with E-state index in [9.17, 15) is 19.6 Å². The first-order chi connectivity index (χ1) is 14.5. The van der Waals surface area contributed by atoms with Crippen molar-refractivity contribution in [2.45, 2.75) is 6.42 Å². The van der Waals surface area contributed by atoms with E-state index < -0.39 is 30.1 Å². The van der Waals surface area contributed by atoms with Gasteiger partial charge in [0, 0.05) is 17.5 Å². The number of Topliss-reactive ketones (excluding diaryl/α,β-unsaturated/α-hetero) is 1. The van der Waals surface area contributed by atoms with Crippen molar-refractivity contribution in [2.75, 3.05) is 6.54 Å². The van der Waals surface area contributed by atoms with E-state index in [1.54, 1.807) is 10.8 Å². The number of nitrogens with zero attached hydrogens (tertiary/aromatic N) is 3. The second-order valence-electron chi connectivity index (χ2n) is 6.79. The number of aliphatic carboxylic acids is 1. The summed E-state index contributed by atoms with van der Waals surface area (Å²) >= 11 is 0. The molecule has 148 valence electrons. The maximum Gasteiger partial charge on any atom is 0.322 e. The van der Waals surface area contributed by atoms with Crippen LogP contribution in [0.4, 0.5) is 0 Å². The number of benzene rings is 2. The number of carbonyl (C=O) groups is 3. The van der Waals surface area contributed by atoms with E-state index >= 15 is 0 Å². The highest BCUT2D eigenvalue weighted by Crippen LogP contribution is 2.40. The van der Waals surface area contributed by atoms with Gasteiger partial charge in [0.15, 0.2) is 5.92 Å². The van der Waals surface area contributed by atoms with Crippen LogP contribution in [0.3, 0.4) is 0 Å². The summed E-state index contributed by atoms with van der Waals surface area (Å²) in [4.78, 5) is 36.0. The molecule has 0 bridgehead atoms. The zero-order valence-electron chi connectivity index (χ0n) is 15.7. The van der Waals surface area contributed by atoms with Gasteiger partial charge in [-0.25, -0.2) is 4.68 Å². The van der Waals surface area contributed by atoms with Gasteiger partial charge >= 0.3 is 5.97 Å². The Kier molecular flexibility index (Phi) is 4.86. The van der Waals surface area contributed by atoms with Crippen molar-refractivity contribution in [1.29, 1.82) is 5.26 Å². The van der Waals surface area contributed by atoms with Crippen LogP contribution in [0, 0.1) is 17.2 Å². The summed E-state index contributed by atoms with van der Waals surface area (Å²) in [6.07, 6.45) is 0.453. The van der Waals surface area contributed by atoms with Crippen molar-refractivity contribution in [3.05, 3.63) is 71.4 Å². The second-order valence-corrected chi connectivity index (χ2v) is 6.79. The zero-order valence-corrected chi connectivity index (χ0v) is 15.7. The summed E-state index contributed by atoms with van der Waals surface area (Å²) in [5, 5.41) is 24.7. The second kappa shape index (κ2) is 7.64. The van der Waals surface area contributed by atoms with Crippen LogP contribution >= 0.6 is 0 Å². The molecule has 1 amide bonds. The molecule has 0 radical (unpaired) electrons. The monoisotopic (exact) mass is 400 g/mol. The normalized spacial score (nSPS) is 12.4. The minimum Gasteiger partial charge on any atom is -0.480 e. The first kappa shape index (κ1) is 19.1. The summed E-state index contributed by atoms with van der Waals surface area (Å²) in [5.74, 6) is -4.66. The van der Waals surface area contributed by atoms with E-state index in [2.05, 4.69) is 10.4 Å². The molecule has 30 heavy (non-hydrogen) atoms. The molecule has 0 saturated heterocycles. The first-order valence-electron chi connectivity index (χ1n) is 9.20. The maximum absolute atomic E-state index is 13.1. The van der Waals surface area contributed by atoms with Crippen molar-refractivity contribution in [1.82, 2.24) is 15.1 Å². The summed E-state index contributed by atoms with van der Waals surface area (Å²) < 4.78 is 1.65. The maximum atomic E-state index is 13.1. The van der Waals surface area contributed by atoms with Gasteiger partial charge in [-0.05, 0) is 17.7 Å². The first-order valence-corrected chi connectivity index (χ1v) is 9.20. The Hall–Kier alpha value is -4.25. The smallest absolute Gasteiger partial charge is 0.322 e. The Bertz CT molecular complexity index is 1210. The molecule has 0 aliphatic heterocycles. The molecule has 1 aliphatic rings. The average Bonchev–Trinajstić information content (AvgIpc) is 3.30. The van der Waals surface area contributed by atoms with Crippen molar-refractivity contribution in [3.63, 3.8) is 0 Å². The predicted molar refractivity (Wildman–Crippen MR) is 106 cm³/mol. The lowest BCUT2D eigenvalue weighted by molar-refractivity contribution is -0.138. The van der Waals surface area contributed by atoms with E-state index in [4.69, 9.17) is 5.11 Å². The number of aromatic nitrogens is 2. The van der Waals surface area contributed by atoms with Crippen molar-refractivity contribution >= 4 is 17.7 Å². The molecular weight excluding hydrogens is 384 g/mol. The van der Waals surface area contributed by atoms with Gasteiger partial charge in [-0.1, -0.05) is 42.5 Å². The van der Waals surface area contributed by atoms with Gasteiger partial charge in [0.05, 0.1) is 17.5 Å². The number of nitrogens with one attached hydrogen (secondary N) is 1. The minimum absolute atomic E-state index is 0.0436. The Morgan fingerprint density at radius 3 is 2.53 bits per heavy atom. The standard InChI is InChI=1S/C22H16N4O4/c23-11-17(22(30)24-12-18(27)28)21(29)19-16-10-13-6-4-5-9-15(13)20(16)26(25-19)14-7-2-1-3-8-14/h1-9,17H,10,12H2,(H,24,30)(H,27,28).